The predicted molar refractivity (Wildman–Crippen MR) is 143 cm³/mol. The minimum atomic E-state index is -1.61. The molecule has 0 bridgehead atoms. The van der Waals surface area contributed by atoms with E-state index in [9.17, 15) is 0 Å². The molecule has 34 heavy (non-hydrogen) atoms. The maximum atomic E-state index is 5.67. The van der Waals surface area contributed by atoms with Crippen molar-refractivity contribution in [1.29, 1.82) is 0 Å². The molecule has 5 rings (SSSR count). The monoisotopic (exact) mass is 632 g/mol. The molecule has 0 unspecified atom stereocenters. The van der Waals surface area contributed by atoms with Crippen molar-refractivity contribution in [2.75, 3.05) is 0 Å². The van der Waals surface area contributed by atoms with Crippen LogP contribution in [0.2, 0.25) is 0 Å². The van der Waals surface area contributed by atoms with E-state index < -0.39 is 13.5 Å². The fraction of sp³-hybridized carbons (Fsp3) is 0.480. The molecule has 0 amide bonds. The van der Waals surface area contributed by atoms with Crippen LogP contribution in [0.3, 0.4) is 0 Å². The van der Waals surface area contributed by atoms with E-state index in [1.54, 1.807) is 12.4 Å². The van der Waals surface area contributed by atoms with Crippen molar-refractivity contribution in [3.63, 3.8) is 0 Å². The number of benzene rings is 1. The van der Waals surface area contributed by atoms with Crippen molar-refractivity contribution in [1.82, 2.24) is 18.6 Å². The van der Waals surface area contributed by atoms with E-state index in [4.69, 9.17) is 42.9 Å². The average Bonchev–Trinajstić information content (AvgIpc) is 3.50. The topological polar surface area (TPSA) is 13.0 Å². The summed E-state index contributed by atoms with van der Waals surface area (Å²) < 4.78 is 4.60. The third-order valence-electron chi connectivity index (χ3n) is 6.24. The Labute approximate surface area is 228 Å². The zero-order valence-corrected chi connectivity index (χ0v) is 24.1. The minimum absolute atomic E-state index is 0.786. The van der Waals surface area contributed by atoms with Gasteiger partial charge in [-0.2, -0.15) is 6.67 Å². The van der Waals surface area contributed by atoms with E-state index in [1.165, 1.54) is 79.7 Å². The summed E-state index contributed by atoms with van der Waals surface area (Å²) >= 11 is 9.13. The Morgan fingerprint density at radius 3 is 1.53 bits per heavy atom. The summed E-state index contributed by atoms with van der Waals surface area (Å²) in [6.07, 6.45) is 22.0. The van der Waals surface area contributed by atoms with Crippen LogP contribution in [-0.2, 0) is 13.5 Å². The molecule has 2 saturated carbocycles. The summed E-state index contributed by atoms with van der Waals surface area (Å²) in [6.45, 7) is 3.91. The van der Waals surface area contributed by atoms with Crippen LogP contribution >= 0.6 is 42.9 Å². The molecule has 0 spiro atoms. The van der Waals surface area contributed by atoms with Gasteiger partial charge in [0.15, 0.2) is 0 Å². The molecule has 2 aliphatic heterocycles. The van der Waals surface area contributed by atoms with Crippen LogP contribution in [0.5, 0.6) is 0 Å². The van der Waals surface area contributed by atoms with Gasteiger partial charge in [-0.15, -0.1) is 6.67 Å². The number of nitrogens with zero attached hydrogens (tertiary/aromatic N) is 4. The molecule has 1 aromatic carbocycles. The number of halogens is 4. The third-order valence-corrected chi connectivity index (χ3v) is 8.51. The van der Waals surface area contributed by atoms with Crippen molar-refractivity contribution in [2.24, 2.45) is 0 Å². The molecule has 0 atom stereocenters. The fourth-order valence-electron chi connectivity index (χ4n) is 4.50. The van der Waals surface area contributed by atoms with Gasteiger partial charge in [-0.25, -0.2) is 0 Å². The summed E-state index contributed by atoms with van der Waals surface area (Å²) in [4.78, 5) is 4.96. The summed E-state index contributed by atoms with van der Waals surface area (Å²) in [7, 11) is 11.3. The molecule has 0 radical (unpaired) electrons. The first-order chi connectivity index (χ1) is 16.5. The van der Waals surface area contributed by atoms with Crippen molar-refractivity contribution in [2.45, 2.75) is 76.3 Å². The molecule has 0 N–H and O–H groups in total. The molecule has 2 heterocycles. The Kier molecular flexibility index (Phi) is 12.9. The predicted octanol–water partition coefficient (Wildman–Crippen LogP) is 8.12. The van der Waals surface area contributed by atoms with Gasteiger partial charge in [0.1, 0.15) is 0 Å². The third kappa shape index (κ3) is 10.3. The van der Waals surface area contributed by atoms with Gasteiger partial charge in [-0.1, -0.05) is 38.5 Å². The molecular formula is C25H34Cl4N4Ru-2. The standard InChI is InChI=1S/C15H25N2.C7H6.C3H3Cl2N2.2ClH.Ru/c1-3-7-14(8-4-1)16-11-12-17(13-16)15-9-5-2-6-10-15;1-7-5-3-2-4-6-7;4-6-1-2-7(5)3-6;;;/h11-15H,1-10H2;1-6H;1-3H;2*1H;/q-1;;-1;;;+2/p-2. The zero-order chi connectivity index (χ0) is 24.2. The van der Waals surface area contributed by atoms with Crippen LogP contribution in [0.4, 0.5) is 0 Å². The molecule has 0 aromatic heterocycles. The second-order valence-corrected chi connectivity index (χ2v) is 15.2. The Morgan fingerprint density at radius 2 is 1.15 bits per heavy atom. The van der Waals surface area contributed by atoms with E-state index in [0.717, 1.165) is 17.6 Å². The molecule has 4 nitrogen and oxygen atoms in total. The van der Waals surface area contributed by atoms with E-state index in [1.807, 2.05) is 34.9 Å². The van der Waals surface area contributed by atoms with Gasteiger partial charge in [0, 0.05) is 12.1 Å². The van der Waals surface area contributed by atoms with Crippen molar-refractivity contribution < 1.29 is 13.5 Å². The SMILES string of the molecule is C1=CN(C2CCCCC2)[CH-]N1C1CCCCC1.ClN1C=CN(Cl)[CH-]1.[Cl][Ru]([Cl])=[CH]c1ccccc1. The van der Waals surface area contributed by atoms with Gasteiger partial charge < -0.3 is 18.6 Å². The number of hydrogen-bond acceptors (Lipinski definition) is 4. The molecular weight excluding hydrogens is 599 g/mol. The second-order valence-electron chi connectivity index (χ2n) is 8.71. The van der Waals surface area contributed by atoms with Crippen LogP contribution in [0.25, 0.3) is 0 Å². The second kappa shape index (κ2) is 15.6. The molecule has 2 aliphatic carbocycles. The first kappa shape index (κ1) is 28.1. The van der Waals surface area contributed by atoms with Crippen molar-refractivity contribution in [3.8, 4) is 0 Å². The van der Waals surface area contributed by atoms with Crippen LogP contribution in [0.1, 0.15) is 69.8 Å². The summed E-state index contributed by atoms with van der Waals surface area (Å²) in [6, 6.07) is 11.5. The van der Waals surface area contributed by atoms with Crippen molar-refractivity contribution >= 4 is 47.5 Å². The van der Waals surface area contributed by atoms with Gasteiger partial charge in [0.2, 0.25) is 0 Å². The van der Waals surface area contributed by atoms with Crippen LogP contribution < -0.4 is 0 Å². The quantitative estimate of drug-likeness (QED) is 0.189. The van der Waals surface area contributed by atoms with E-state index in [-0.39, 0.29) is 0 Å². The maximum absolute atomic E-state index is 5.67. The van der Waals surface area contributed by atoms with Crippen LogP contribution in [0.15, 0.2) is 55.1 Å². The van der Waals surface area contributed by atoms with Crippen LogP contribution in [-0.4, -0.2) is 35.3 Å². The summed E-state index contributed by atoms with van der Waals surface area (Å²) in [5, 5.41) is 0. The average molecular weight is 633 g/mol. The Bertz CT molecular complexity index is 755. The first-order valence-electron chi connectivity index (χ1n) is 11.9. The number of hydrogen-bond donors (Lipinski definition) is 0. The van der Waals surface area contributed by atoms with E-state index >= 15 is 0 Å². The fourth-order valence-corrected chi connectivity index (χ4v) is 6.66. The normalized spacial score (nSPS) is 21.1. The van der Waals surface area contributed by atoms with Gasteiger partial charge >= 0.3 is 73.4 Å². The molecule has 192 valence electrons. The number of rotatable bonds is 3. The molecule has 1 aromatic rings. The van der Waals surface area contributed by atoms with Crippen LogP contribution in [0, 0.1) is 13.3 Å². The first-order valence-corrected chi connectivity index (χ1v) is 18.0. The van der Waals surface area contributed by atoms with E-state index in [0.29, 0.717) is 0 Å². The Morgan fingerprint density at radius 1 is 0.676 bits per heavy atom. The molecule has 0 saturated heterocycles. The molecule has 2 fully saturated rings. The van der Waals surface area contributed by atoms with Gasteiger partial charge in [0.05, 0.1) is 0 Å². The Hall–Kier alpha value is -0.447. The summed E-state index contributed by atoms with van der Waals surface area (Å²) in [5.74, 6) is 0. The molecule has 4 aliphatic rings. The van der Waals surface area contributed by atoms with Crippen molar-refractivity contribution in [3.05, 3.63) is 74.0 Å². The van der Waals surface area contributed by atoms with E-state index in [2.05, 4.69) is 28.9 Å². The molecule has 9 heteroatoms. The zero-order valence-electron chi connectivity index (χ0n) is 19.3. The van der Waals surface area contributed by atoms with Gasteiger partial charge in [0.25, 0.3) is 0 Å². The summed E-state index contributed by atoms with van der Waals surface area (Å²) in [5.41, 5.74) is 1.12. The Balaban J connectivity index is 0.000000161. The van der Waals surface area contributed by atoms with Gasteiger partial charge in [-0.05, 0) is 74.0 Å². The van der Waals surface area contributed by atoms with Gasteiger partial charge in [-0.3, -0.25) is 0 Å².